The number of esters is 1. The summed E-state index contributed by atoms with van der Waals surface area (Å²) in [6.45, 7) is 2.12. The first kappa shape index (κ1) is 23.5. The number of alkyl halides is 3. The fourth-order valence-electron chi connectivity index (χ4n) is 4.16. The number of anilines is 1. The van der Waals surface area contributed by atoms with Gasteiger partial charge in [-0.3, -0.25) is 4.79 Å². The lowest BCUT2D eigenvalue weighted by molar-refractivity contribution is -0.142. The molecule has 0 saturated heterocycles. The summed E-state index contributed by atoms with van der Waals surface area (Å²) >= 11 is 2.54. The summed E-state index contributed by atoms with van der Waals surface area (Å²) in [4.78, 5) is 31.4. The van der Waals surface area contributed by atoms with Crippen LogP contribution in [0.25, 0.3) is 16.2 Å². The lowest BCUT2D eigenvalue weighted by Crippen LogP contribution is -2.17. The third-order valence-corrected chi connectivity index (χ3v) is 7.91. The van der Waals surface area contributed by atoms with Gasteiger partial charge in [-0.2, -0.15) is 18.3 Å². The number of methoxy groups -OCH3 is 1. The molecule has 4 aromatic heterocycles. The number of rotatable bonds is 4. The van der Waals surface area contributed by atoms with E-state index in [1.165, 1.54) is 35.8 Å². The molecule has 0 fully saturated rings. The van der Waals surface area contributed by atoms with E-state index < -0.39 is 23.7 Å². The molecule has 35 heavy (non-hydrogen) atoms. The van der Waals surface area contributed by atoms with Crippen LogP contribution in [0.15, 0.2) is 29.6 Å². The molecule has 1 N–H and O–H groups in total. The van der Waals surface area contributed by atoms with Crippen molar-refractivity contribution in [2.45, 2.75) is 32.4 Å². The average molecular weight is 521 g/mol. The van der Waals surface area contributed by atoms with E-state index in [1.807, 2.05) is 0 Å². The molecule has 4 aromatic rings. The van der Waals surface area contributed by atoms with Crippen molar-refractivity contribution in [2.24, 2.45) is 5.92 Å². The Hall–Kier alpha value is -3.25. The maximum absolute atomic E-state index is 13.8. The second-order valence-corrected chi connectivity index (χ2v) is 10.4. The van der Waals surface area contributed by atoms with Gasteiger partial charge in [0.1, 0.15) is 5.00 Å². The zero-order valence-electron chi connectivity index (χ0n) is 18.6. The fourth-order valence-corrected chi connectivity index (χ4v) is 6.24. The summed E-state index contributed by atoms with van der Waals surface area (Å²) in [5, 5.41) is 8.62. The summed E-state index contributed by atoms with van der Waals surface area (Å²) < 4.78 is 47.0. The van der Waals surface area contributed by atoms with Crippen LogP contribution in [0, 0.1) is 5.92 Å². The highest BCUT2D eigenvalue weighted by Crippen LogP contribution is 2.40. The van der Waals surface area contributed by atoms with Gasteiger partial charge in [-0.1, -0.05) is 13.0 Å². The van der Waals surface area contributed by atoms with E-state index >= 15 is 0 Å². The quantitative estimate of drug-likeness (QED) is 0.349. The molecule has 0 aliphatic heterocycles. The maximum atomic E-state index is 13.8. The number of carbonyl (C=O) groups is 2. The third-order valence-electron chi connectivity index (χ3n) is 5.85. The van der Waals surface area contributed by atoms with Crippen molar-refractivity contribution in [3.63, 3.8) is 0 Å². The van der Waals surface area contributed by atoms with Crippen LogP contribution >= 0.6 is 22.7 Å². The zero-order valence-corrected chi connectivity index (χ0v) is 20.2. The Morgan fingerprint density at radius 1 is 1.29 bits per heavy atom. The van der Waals surface area contributed by atoms with Crippen molar-refractivity contribution in [1.29, 1.82) is 0 Å². The topological polar surface area (TPSA) is 85.6 Å². The van der Waals surface area contributed by atoms with Gasteiger partial charge in [-0.15, -0.1) is 22.7 Å². The van der Waals surface area contributed by atoms with Crippen molar-refractivity contribution in [3.05, 3.63) is 57.0 Å². The summed E-state index contributed by atoms with van der Waals surface area (Å²) in [6.07, 6.45) is -2.34. The summed E-state index contributed by atoms with van der Waals surface area (Å²) in [6, 6.07) is 5.50. The highest BCUT2D eigenvalue weighted by atomic mass is 32.1. The molecule has 12 heteroatoms. The summed E-state index contributed by atoms with van der Waals surface area (Å²) in [7, 11) is 1.26. The molecule has 0 radical (unpaired) electrons. The number of amides is 1. The Bertz CT molecular complexity index is 1440. The largest absolute Gasteiger partial charge is 0.465 e. The van der Waals surface area contributed by atoms with Gasteiger partial charge in [-0.05, 0) is 48.3 Å². The normalized spacial score (nSPS) is 15.7. The van der Waals surface area contributed by atoms with Gasteiger partial charge < -0.3 is 10.1 Å². The van der Waals surface area contributed by atoms with Crippen molar-refractivity contribution in [2.75, 3.05) is 12.4 Å². The van der Waals surface area contributed by atoms with E-state index in [-0.39, 0.29) is 17.0 Å². The second kappa shape index (κ2) is 8.76. The molecule has 1 amide bonds. The number of nitrogens with zero attached hydrogens (tertiary/aromatic N) is 3. The molecular formula is C23H19F3N4O3S2. The molecule has 1 atom stereocenters. The number of nitrogens with one attached hydrogen (secondary N) is 1. The van der Waals surface area contributed by atoms with Crippen LogP contribution in [0.2, 0.25) is 0 Å². The highest BCUT2D eigenvalue weighted by Gasteiger charge is 2.36. The van der Waals surface area contributed by atoms with E-state index in [0.717, 1.165) is 29.3 Å². The molecule has 1 unspecified atom stereocenters. The minimum Gasteiger partial charge on any atom is -0.465 e. The lowest BCUT2D eigenvalue weighted by Gasteiger charge is -2.18. The molecule has 5 rings (SSSR count). The first-order valence-electron chi connectivity index (χ1n) is 10.7. The standard InChI is InChI=1S/C23H19F3N4O3S2/c1-11-5-6-12-16(8-11)35-21(19(12)22(32)33-2)28-20(31)14-10-18-27-13(15-4-3-7-34-15)9-17(23(24,25)26)30(18)29-14/h3-4,7,9-11H,5-6,8H2,1-2H3,(H,28,31). The van der Waals surface area contributed by atoms with Crippen LogP contribution in [0.3, 0.4) is 0 Å². The zero-order chi connectivity index (χ0) is 24.9. The Morgan fingerprint density at radius 3 is 2.77 bits per heavy atom. The number of aromatic nitrogens is 3. The lowest BCUT2D eigenvalue weighted by atomic mass is 9.88. The Morgan fingerprint density at radius 2 is 2.09 bits per heavy atom. The molecular weight excluding hydrogens is 501 g/mol. The van der Waals surface area contributed by atoms with E-state index in [2.05, 4.69) is 22.3 Å². The molecule has 182 valence electrons. The fraction of sp³-hybridized carbons (Fsp3) is 0.304. The first-order valence-corrected chi connectivity index (χ1v) is 12.4. The number of hydrogen-bond acceptors (Lipinski definition) is 7. The predicted molar refractivity (Wildman–Crippen MR) is 126 cm³/mol. The van der Waals surface area contributed by atoms with E-state index in [9.17, 15) is 22.8 Å². The van der Waals surface area contributed by atoms with Crippen LogP contribution < -0.4 is 5.32 Å². The highest BCUT2D eigenvalue weighted by molar-refractivity contribution is 7.17. The van der Waals surface area contributed by atoms with Crippen molar-refractivity contribution >= 4 is 45.2 Å². The van der Waals surface area contributed by atoms with Gasteiger partial charge in [0.25, 0.3) is 5.91 Å². The molecule has 0 aromatic carbocycles. The minimum absolute atomic E-state index is 0.110. The van der Waals surface area contributed by atoms with Crippen molar-refractivity contribution in [1.82, 2.24) is 14.6 Å². The first-order chi connectivity index (χ1) is 16.7. The second-order valence-electron chi connectivity index (χ2n) is 8.30. The van der Waals surface area contributed by atoms with Crippen molar-refractivity contribution < 1.29 is 27.5 Å². The van der Waals surface area contributed by atoms with Crippen LogP contribution in [0.1, 0.15) is 50.3 Å². The van der Waals surface area contributed by atoms with Gasteiger partial charge in [0.05, 0.1) is 23.2 Å². The van der Waals surface area contributed by atoms with Gasteiger partial charge in [-0.25, -0.2) is 14.3 Å². The number of fused-ring (bicyclic) bond motifs is 2. The Kier molecular flexibility index (Phi) is 5.88. The molecule has 1 aliphatic carbocycles. The van der Waals surface area contributed by atoms with Gasteiger partial charge >= 0.3 is 12.1 Å². The molecule has 4 heterocycles. The predicted octanol–water partition coefficient (Wildman–Crippen LogP) is 5.70. The molecule has 0 saturated carbocycles. The molecule has 1 aliphatic rings. The van der Waals surface area contributed by atoms with Crippen LogP contribution in [0.5, 0.6) is 0 Å². The van der Waals surface area contributed by atoms with Crippen LogP contribution in [0.4, 0.5) is 18.2 Å². The molecule has 7 nitrogen and oxygen atoms in total. The maximum Gasteiger partial charge on any atom is 0.433 e. The van der Waals surface area contributed by atoms with E-state index in [4.69, 9.17) is 4.74 Å². The number of ether oxygens (including phenoxy) is 1. The number of halogens is 3. The van der Waals surface area contributed by atoms with E-state index in [0.29, 0.717) is 32.3 Å². The Balaban J connectivity index is 1.54. The SMILES string of the molecule is COC(=O)c1c(NC(=O)c2cc3nc(-c4cccs4)cc(C(F)(F)F)n3n2)sc2c1CCC(C)C2. The molecule has 0 spiro atoms. The number of thiophene rings is 2. The number of carbonyl (C=O) groups excluding carboxylic acids is 2. The Labute approximate surface area is 205 Å². The van der Waals surface area contributed by atoms with Crippen molar-refractivity contribution in [3.8, 4) is 10.6 Å². The third kappa shape index (κ3) is 4.31. The smallest absolute Gasteiger partial charge is 0.433 e. The number of hydrogen-bond donors (Lipinski definition) is 1. The van der Waals surface area contributed by atoms with Crippen LogP contribution in [-0.2, 0) is 23.8 Å². The summed E-state index contributed by atoms with van der Waals surface area (Å²) in [5.41, 5.74) is -0.110. The monoisotopic (exact) mass is 520 g/mol. The summed E-state index contributed by atoms with van der Waals surface area (Å²) in [5.74, 6) is -0.861. The molecule has 0 bridgehead atoms. The average Bonchev–Trinajstić information content (AvgIpc) is 3.54. The minimum atomic E-state index is -4.71. The van der Waals surface area contributed by atoms with Crippen LogP contribution in [-0.4, -0.2) is 33.6 Å². The van der Waals surface area contributed by atoms with Gasteiger partial charge in [0.15, 0.2) is 17.0 Å². The van der Waals surface area contributed by atoms with Gasteiger partial charge in [0.2, 0.25) is 0 Å². The van der Waals surface area contributed by atoms with Gasteiger partial charge in [0, 0.05) is 10.9 Å². The van der Waals surface area contributed by atoms with E-state index in [1.54, 1.807) is 17.5 Å².